The van der Waals surface area contributed by atoms with Gasteiger partial charge in [-0.15, -0.1) is 0 Å². The van der Waals surface area contributed by atoms with E-state index in [0.717, 1.165) is 11.4 Å². The number of nitrogens with one attached hydrogen (secondary N) is 1. The van der Waals surface area contributed by atoms with Crippen LogP contribution in [0.2, 0.25) is 0 Å². The Morgan fingerprint density at radius 1 is 1.20 bits per heavy atom. The van der Waals surface area contributed by atoms with Crippen LogP contribution in [0.1, 0.15) is 32.4 Å². The van der Waals surface area contributed by atoms with Crippen LogP contribution in [-0.2, 0) is 4.74 Å². The summed E-state index contributed by atoms with van der Waals surface area (Å²) in [6.07, 6.45) is -6.84. The number of hydrogen-bond donors (Lipinski definition) is 1. The van der Waals surface area contributed by atoms with Crippen molar-refractivity contribution in [3.63, 3.8) is 0 Å². The first-order valence-corrected chi connectivity index (χ1v) is 7.21. The standard InChI is InChI=1S/C14H19BrF3NO/c1-9(2)19-8-13(20-10(3)14(16,17)18)11-6-4-5-7-12(11)15/h4-7,9-10,13,19H,8H2,1-3H3. The molecule has 0 saturated heterocycles. The van der Waals surface area contributed by atoms with Gasteiger partial charge in [0.15, 0.2) is 6.10 Å². The molecular weight excluding hydrogens is 335 g/mol. The maximum Gasteiger partial charge on any atom is 0.414 e. The van der Waals surface area contributed by atoms with Crippen LogP contribution in [0.4, 0.5) is 13.2 Å². The molecule has 0 aromatic heterocycles. The van der Waals surface area contributed by atoms with Gasteiger partial charge in [0.25, 0.3) is 0 Å². The highest BCUT2D eigenvalue weighted by Gasteiger charge is 2.38. The monoisotopic (exact) mass is 353 g/mol. The molecule has 0 heterocycles. The largest absolute Gasteiger partial charge is 0.414 e. The smallest absolute Gasteiger partial charge is 0.360 e. The minimum absolute atomic E-state index is 0.171. The molecule has 20 heavy (non-hydrogen) atoms. The van der Waals surface area contributed by atoms with E-state index in [-0.39, 0.29) is 6.04 Å². The molecule has 0 radical (unpaired) electrons. The molecule has 1 aromatic carbocycles. The summed E-state index contributed by atoms with van der Waals surface area (Å²) in [5.41, 5.74) is 0.705. The average molecular weight is 354 g/mol. The first kappa shape index (κ1) is 17.5. The summed E-state index contributed by atoms with van der Waals surface area (Å²) in [5, 5.41) is 3.11. The molecule has 0 aliphatic heterocycles. The van der Waals surface area contributed by atoms with Gasteiger partial charge in [-0.25, -0.2) is 0 Å². The van der Waals surface area contributed by atoms with Crippen molar-refractivity contribution in [1.29, 1.82) is 0 Å². The quantitative estimate of drug-likeness (QED) is 0.815. The van der Waals surface area contributed by atoms with Crippen LogP contribution in [0, 0.1) is 0 Å². The van der Waals surface area contributed by atoms with Gasteiger partial charge in [-0.05, 0) is 18.6 Å². The zero-order chi connectivity index (χ0) is 15.3. The van der Waals surface area contributed by atoms with Gasteiger partial charge < -0.3 is 10.1 Å². The average Bonchev–Trinajstić information content (AvgIpc) is 2.33. The minimum atomic E-state index is -4.36. The van der Waals surface area contributed by atoms with E-state index in [9.17, 15) is 13.2 Å². The summed E-state index contributed by atoms with van der Waals surface area (Å²) in [5.74, 6) is 0. The van der Waals surface area contributed by atoms with Gasteiger partial charge in [0.1, 0.15) is 0 Å². The molecule has 0 aliphatic carbocycles. The van der Waals surface area contributed by atoms with Crippen LogP contribution in [0.15, 0.2) is 28.7 Å². The highest BCUT2D eigenvalue weighted by Crippen LogP contribution is 2.31. The van der Waals surface area contributed by atoms with Crippen LogP contribution in [0.3, 0.4) is 0 Å². The zero-order valence-electron chi connectivity index (χ0n) is 11.7. The van der Waals surface area contributed by atoms with Crippen molar-refractivity contribution in [3.8, 4) is 0 Å². The highest BCUT2D eigenvalue weighted by molar-refractivity contribution is 9.10. The number of rotatable bonds is 6. The summed E-state index contributed by atoms with van der Waals surface area (Å²) >= 11 is 3.36. The molecule has 6 heteroatoms. The summed E-state index contributed by atoms with van der Waals surface area (Å²) in [6.45, 7) is 5.22. The maximum atomic E-state index is 12.7. The maximum absolute atomic E-state index is 12.7. The number of alkyl halides is 3. The van der Waals surface area contributed by atoms with E-state index in [1.165, 1.54) is 0 Å². The van der Waals surface area contributed by atoms with E-state index >= 15 is 0 Å². The molecule has 0 amide bonds. The van der Waals surface area contributed by atoms with Gasteiger partial charge in [-0.2, -0.15) is 13.2 Å². The van der Waals surface area contributed by atoms with Gasteiger partial charge in [-0.3, -0.25) is 0 Å². The Balaban J connectivity index is 2.88. The SMILES string of the molecule is CC(C)NCC(OC(C)C(F)(F)F)c1ccccc1Br. The number of ether oxygens (including phenoxy) is 1. The fourth-order valence-corrected chi connectivity index (χ4v) is 2.17. The number of benzene rings is 1. The summed E-state index contributed by atoms with van der Waals surface area (Å²) in [6, 6.07) is 7.32. The fraction of sp³-hybridized carbons (Fsp3) is 0.571. The Bertz CT molecular complexity index is 423. The summed E-state index contributed by atoms with van der Waals surface area (Å²) in [4.78, 5) is 0. The topological polar surface area (TPSA) is 21.3 Å². The lowest BCUT2D eigenvalue weighted by Gasteiger charge is -2.26. The molecule has 2 unspecified atom stereocenters. The molecule has 1 rings (SSSR count). The molecule has 114 valence electrons. The molecule has 2 atom stereocenters. The molecule has 0 aliphatic rings. The Labute approximate surface area is 125 Å². The van der Waals surface area contributed by atoms with Gasteiger partial charge in [0, 0.05) is 17.1 Å². The van der Waals surface area contributed by atoms with Crippen molar-refractivity contribution in [2.45, 2.75) is 45.2 Å². The Kier molecular flexibility index (Phi) is 6.48. The van der Waals surface area contributed by atoms with Crippen molar-refractivity contribution >= 4 is 15.9 Å². The van der Waals surface area contributed by atoms with Crippen LogP contribution in [0.5, 0.6) is 0 Å². The number of halogens is 4. The third-order valence-electron chi connectivity index (χ3n) is 2.79. The fourth-order valence-electron chi connectivity index (χ4n) is 1.63. The number of hydrogen-bond acceptors (Lipinski definition) is 2. The van der Waals surface area contributed by atoms with Crippen molar-refractivity contribution in [2.75, 3.05) is 6.54 Å². The predicted molar refractivity (Wildman–Crippen MR) is 76.6 cm³/mol. The van der Waals surface area contributed by atoms with Crippen molar-refractivity contribution < 1.29 is 17.9 Å². The molecule has 1 N–H and O–H groups in total. The van der Waals surface area contributed by atoms with Gasteiger partial charge in [0.05, 0.1) is 6.10 Å². The van der Waals surface area contributed by atoms with E-state index in [1.54, 1.807) is 18.2 Å². The second-order valence-electron chi connectivity index (χ2n) is 4.89. The first-order valence-electron chi connectivity index (χ1n) is 6.41. The molecular formula is C14H19BrF3NO. The third-order valence-corrected chi connectivity index (χ3v) is 3.52. The Morgan fingerprint density at radius 3 is 2.30 bits per heavy atom. The Hall–Kier alpha value is -0.590. The van der Waals surface area contributed by atoms with Crippen LogP contribution >= 0.6 is 15.9 Å². The Morgan fingerprint density at radius 2 is 1.80 bits per heavy atom. The molecule has 0 spiro atoms. The second-order valence-corrected chi connectivity index (χ2v) is 5.75. The van der Waals surface area contributed by atoms with Crippen molar-refractivity contribution in [1.82, 2.24) is 5.32 Å². The van der Waals surface area contributed by atoms with E-state index in [0.29, 0.717) is 12.1 Å². The van der Waals surface area contributed by atoms with Gasteiger partial charge in [0.2, 0.25) is 0 Å². The summed E-state index contributed by atoms with van der Waals surface area (Å²) in [7, 11) is 0. The normalized spacial score (nSPS) is 15.4. The first-order chi connectivity index (χ1) is 9.21. The minimum Gasteiger partial charge on any atom is -0.360 e. The van der Waals surface area contributed by atoms with Crippen LogP contribution in [-0.4, -0.2) is 24.9 Å². The lowest BCUT2D eigenvalue weighted by atomic mass is 10.1. The van der Waals surface area contributed by atoms with E-state index < -0.39 is 18.4 Å². The van der Waals surface area contributed by atoms with Crippen LogP contribution in [0.25, 0.3) is 0 Å². The van der Waals surface area contributed by atoms with E-state index in [1.807, 2.05) is 19.9 Å². The van der Waals surface area contributed by atoms with Crippen LogP contribution < -0.4 is 5.32 Å². The summed E-state index contributed by atoms with van der Waals surface area (Å²) < 4.78 is 44.0. The lowest BCUT2D eigenvalue weighted by molar-refractivity contribution is -0.227. The zero-order valence-corrected chi connectivity index (χ0v) is 13.3. The molecule has 2 nitrogen and oxygen atoms in total. The lowest BCUT2D eigenvalue weighted by Crippen LogP contribution is -2.35. The van der Waals surface area contributed by atoms with Gasteiger partial charge >= 0.3 is 6.18 Å². The third kappa shape index (κ3) is 5.42. The van der Waals surface area contributed by atoms with E-state index in [4.69, 9.17) is 4.74 Å². The predicted octanol–water partition coefficient (Wildman–Crippen LogP) is 4.46. The molecule has 1 aromatic rings. The van der Waals surface area contributed by atoms with E-state index in [2.05, 4.69) is 21.2 Å². The molecule has 0 saturated carbocycles. The highest BCUT2D eigenvalue weighted by atomic mass is 79.9. The van der Waals surface area contributed by atoms with Crippen molar-refractivity contribution in [3.05, 3.63) is 34.3 Å². The van der Waals surface area contributed by atoms with Gasteiger partial charge in [-0.1, -0.05) is 48.0 Å². The molecule has 0 fully saturated rings. The molecule has 0 bridgehead atoms. The second kappa shape index (κ2) is 7.43. The van der Waals surface area contributed by atoms with Crippen molar-refractivity contribution in [2.24, 2.45) is 0 Å².